The highest BCUT2D eigenvalue weighted by atomic mass is 32.3. The van der Waals surface area contributed by atoms with Crippen molar-refractivity contribution in [3.8, 4) is 0 Å². The average Bonchev–Trinajstić information content (AvgIpc) is 2.63. The molecular formula is C13H15F3O3S2. The molecule has 8 heteroatoms. The molecule has 0 saturated heterocycles. The molecule has 1 aromatic carbocycles. The molecule has 0 saturated carbocycles. The Labute approximate surface area is 123 Å². The summed E-state index contributed by atoms with van der Waals surface area (Å²) in [5.41, 5.74) is -4.42. The van der Waals surface area contributed by atoms with E-state index in [-0.39, 0.29) is 16.2 Å². The normalized spacial score (nSPS) is 25.1. The Kier molecular flexibility index (Phi) is 4.16. The highest BCUT2D eigenvalue weighted by Crippen LogP contribution is 2.78. The van der Waals surface area contributed by atoms with Crippen molar-refractivity contribution in [3.63, 3.8) is 0 Å². The van der Waals surface area contributed by atoms with Crippen molar-refractivity contribution in [2.75, 3.05) is 6.26 Å². The summed E-state index contributed by atoms with van der Waals surface area (Å²) in [6.07, 6.45) is 2.67. The van der Waals surface area contributed by atoms with Crippen LogP contribution in [0.15, 0.2) is 34.1 Å². The number of hydrogen-bond acceptors (Lipinski definition) is 3. The van der Waals surface area contributed by atoms with E-state index in [2.05, 4.69) is 0 Å². The molecule has 0 radical (unpaired) electrons. The van der Waals surface area contributed by atoms with Crippen molar-refractivity contribution in [1.29, 1.82) is 0 Å². The van der Waals surface area contributed by atoms with E-state index in [1.807, 2.05) is 0 Å². The first-order chi connectivity index (χ1) is 9.62. The van der Waals surface area contributed by atoms with Gasteiger partial charge >= 0.3 is 5.51 Å². The molecule has 0 spiro atoms. The van der Waals surface area contributed by atoms with Crippen LogP contribution >= 0.6 is 10.3 Å². The summed E-state index contributed by atoms with van der Waals surface area (Å²) in [6, 6.07) is 5.91. The van der Waals surface area contributed by atoms with Gasteiger partial charge in [0.05, 0.1) is 6.26 Å². The Morgan fingerprint density at radius 1 is 1.24 bits per heavy atom. The van der Waals surface area contributed by atoms with Gasteiger partial charge < -0.3 is 0 Å². The molecule has 1 aliphatic heterocycles. The number of rotatable bonds is 4. The number of fused-ring (bicyclic) bond motifs is 1. The highest BCUT2D eigenvalue weighted by Gasteiger charge is 2.59. The number of benzene rings is 1. The Balaban J connectivity index is 2.74. The molecule has 3 nitrogen and oxygen atoms in total. The lowest BCUT2D eigenvalue weighted by Gasteiger charge is -2.38. The van der Waals surface area contributed by atoms with Gasteiger partial charge in [-0.3, -0.25) is 0 Å². The van der Waals surface area contributed by atoms with Crippen molar-refractivity contribution in [1.82, 2.24) is 0 Å². The minimum Gasteiger partial charge on any atom is -0.203 e. The van der Waals surface area contributed by atoms with Crippen molar-refractivity contribution in [3.05, 3.63) is 34.7 Å². The fraction of sp³-hybridized carbons (Fsp3) is 0.385. The van der Waals surface area contributed by atoms with Crippen LogP contribution in [0.2, 0.25) is 0 Å². The molecule has 0 fully saturated rings. The van der Waals surface area contributed by atoms with Gasteiger partial charge in [0.15, 0.2) is 0 Å². The summed E-state index contributed by atoms with van der Waals surface area (Å²) in [5, 5.41) is 0. The summed E-state index contributed by atoms with van der Waals surface area (Å²) < 4.78 is 69.1. The third kappa shape index (κ3) is 2.84. The van der Waals surface area contributed by atoms with E-state index in [1.165, 1.54) is 24.3 Å². The predicted molar refractivity (Wildman–Crippen MR) is 77.2 cm³/mol. The van der Waals surface area contributed by atoms with Crippen molar-refractivity contribution in [2.45, 2.75) is 30.2 Å². The first-order valence-corrected chi connectivity index (χ1v) is 9.59. The summed E-state index contributed by atoms with van der Waals surface area (Å²) in [4.78, 5) is -0.0875. The van der Waals surface area contributed by atoms with Gasteiger partial charge in [0.25, 0.3) is 10.1 Å². The van der Waals surface area contributed by atoms with Gasteiger partial charge in [0, 0.05) is 20.1 Å². The van der Waals surface area contributed by atoms with Gasteiger partial charge in [-0.05, 0) is 24.1 Å². The first-order valence-electron chi connectivity index (χ1n) is 6.22. The number of hydrogen-bond donors (Lipinski definition) is 0. The number of allylic oxidation sites excluding steroid dienone is 1. The van der Waals surface area contributed by atoms with E-state index in [9.17, 15) is 21.6 Å². The van der Waals surface area contributed by atoms with E-state index >= 15 is 0 Å². The molecular weight excluding hydrogens is 325 g/mol. The maximum Gasteiger partial charge on any atom is 0.456 e. The molecule has 118 valence electrons. The quantitative estimate of drug-likeness (QED) is 0.815. The van der Waals surface area contributed by atoms with Crippen LogP contribution < -0.4 is 0 Å². The Morgan fingerprint density at radius 2 is 1.86 bits per heavy atom. The topological polar surface area (TPSA) is 43.4 Å². The van der Waals surface area contributed by atoms with Crippen LogP contribution in [0.1, 0.15) is 25.3 Å². The molecule has 21 heavy (non-hydrogen) atoms. The molecule has 1 unspecified atom stereocenters. The maximum atomic E-state index is 13.8. The van der Waals surface area contributed by atoms with E-state index in [1.54, 1.807) is 13.0 Å². The molecule has 0 amide bonds. The fourth-order valence-electron chi connectivity index (χ4n) is 2.30. The van der Waals surface area contributed by atoms with E-state index < -0.39 is 25.9 Å². The predicted octanol–water partition coefficient (Wildman–Crippen LogP) is 4.42. The lowest BCUT2D eigenvalue weighted by Crippen LogP contribution is -2.25. The molecule has 1 atom stereocenters. The molecule has 1 aliphatic rings. The zero-order valence-corrected chi connectivity index (χ0v) is 13.1. The smallest absolute Gasteiger partial charge is 0.203 e. The first kappa shape index (κ1) is 16.4. The highest BCUT2D eigenvalue weighted by molar-refractivity contribution is 8.36. The van der Waals surface area contributed by atoms with Crippen LogP contribution in [0.5, 0.6) is 0 Å². The van der Waals surface area contributed by atoms with Crippen LogP contribution in [0, 0.1) is 0 Å². The fourth-order valence-corrected chi connectivity index (χ4v) is 7.08. The minimum absolute atomic E-state index is 0.00382. The van der Waals surface area contributed by atoms with Crippen LogP contribution in [-0.2, 0) is 13.7 Å². The third-order valence-corrected chi connectivity index (χ3v) is 7.47. The van der Waals surface area contributed by atoms with E-state index in [0.717, 1.165) is 0 Å². The largest absolute Gasteiger partial charge is 0.456 e. The lowest BCUT2D eigenvalue weighted by molar-refractivity contribution is -0.0429. The second kappa shape index (κ2) is 5.33. The van der Waals surface area contributed by atoms with Crippen molar-refractivity contribution >= 4 is 26.5 Å². The van der Waals surface area contributed by atoms with Gasteiger partial charge in [-0.25, -0.2) is 3.63 Å². The zero-order chi connectivity index (χ0) is 15.9. The van der Waals surface area contributed by atoms with Crippen molar-refractivity contribution in [2.24, 2.45) is 0 Å². The third-order valence-electron chi connectivity index (χ3n) is 2.96. The summed E-state index contributed by atoms with van der Waals surface area (Å²) in [7, 11) is -8.29. The molecule has 0 N–H and O–H groups in total. The average molecular weight is 340 g/mol. The summed E-state index contributed by atoms with van der Waals surface area (Å²) in [6.45, 7) is 1.74. The van der Waals surface area contributed by atoms with Crippen LogP contribution in [0.25, 0.3) is 6.08 Å². The monoisotopic (exact) mass is 340 g/mol. The summed E-state index contributed by atoms with van der Waals surface area (Å²) in [5.74, 6) is 0. The zero-order valence-electron chi connectivity index (χ0n) is 11.5. The van der Waals surface area contributed by atoms with Crippen LogP contribution in [0.3, 0.4) is 0 Å². The Morgan fingerprint density at radius 3 is 2.38 bits per heavy atom. The number of alkyl halides is 3. The van der Waals surface area contributed by atoms with Gasteiger partial charge in [0.1, 0.15) is 0 Å². The molecule has 0 aromatic heterocycles. The van der Waals surface area contributed by atoms with Gasteiger partial charge in [-0.2, -0.15) is 21.6 Å². The molecule has 0 aliphatic carbocycles. The molecule has 1 heterocycles. The molecule has 1 aromatic rings. The second-order valence-corrected chi connectivity index (χ2v) is 9.16. The second-order valence-electron chi connectivity index (χ2n) is 4.67. The SMILES string of the molecule is CCCC1=Cc2ccccc2S1(OS(C)(=O)=O)C(F)(F)F. The van der Waals surface area contributed by atoms with Crippen LogP contribution in [-0.4, -0.2) is 20.2 Å². The lowest BCUT2D eigenvalue weighted by atomic mass is 10.2. The van der Waals surface area contributed by atoms with Crippen molar-refractivity contribution < 1.29 is 25.2 Å². The molecule has 2 rings (SSSR count). The van der Waals surface area contributed by atoms with Gasteiger partial charge in [-0.15, -0.1) is 0 Å². The maximum absolute atomic E-state index is 13.8. The number of halogens is 3. The standard InChI is InChI=1S/C13H15F3O3S2/c1-3-6-11-9-10-7-4-5-8-12(10)21(11,13(14,15)16)19-20(2,17)18/h4-5,7-9H,3,6H2,1-2H3. The van der Waals surface area contributed by atoms with E-state index in [0.29, 0.717) is 18.2 Å². The van der Waals surface area contributed by atoms with Gasteiger partial charge in [-0.1, -0.05) is 31.5 Å². The Bertz CT molecular complexity index is 680. The van der Waals surface area contributed by atoms with E-state index in [4.69, 9.17) is 3.63 Å². The molecule has 0 bridgehead atoms. The van der Waals surface area contributed by atoms with Gasteiger partial charge in [0.2, 0.25) is 0 Å². The Hall–Kier alpha value is -0.990. The van der Waals surface area contributed by atoms with Crippen LogP contribution in [0.4, 0.5) is 13.2 Å². The minimum atomic E-state index is -4.79. The summed E-state index contributed by atoms with van der Waals surface area (Å²) >= 11 is 0.